The number of hydrogen-bond acceptors (Lipinski definition) is 8. The molecule has 6 rings (SSSR count). The standard InChI is InChI=1S/C50H62N2O7/c1-34-14-9-19-37(21-11-20-36-16-5-4-6-17-36)18-7-8-31-58-33-39(23-10-15-34)41-27-29-50(46(41)55)43(25-13-30-53)40(26-28-49(50,3)57)35(2)44(54)32-38-22-12-24-42-45(38)59-48(56)52-47(42)51/h4-6,10,12,15-17,19,22-24,41,43,46-47,53,55,57H,1,9,11,13-14,18,20-21,25-33,51H2,2-3H3,(H,52,56)/b15-10+,37-19-,39-23-,40-35+/t41-,43-,46-,47+,49-,50-/m1/s1. The van der Waals surface area contributed by atoms with Crippen molar-refractivity contribution in [3.8, 4) is 17.6 Å². The van der Waals surface area contributed by atoms with Gasteiger partial charge in [0, 0.05) is 41.9 Å². The van der Waals surface area contributed by atoms with Crippen LogP contribution in [0.1, 0.15) is 107 Å². The Hall–Kier alpha value is -4.56. The molecule has 2 fully saturated rings. The molecule has 1 amide bonds. The molecule has 9 nitrogen and oxygen atoms in total. The van der Waals surface area contributed by atoms with Gasteiger partial charge in [-0.3, -0.25) is 4.79 Å². The van der Waals surface area contributed by atoms with Crippen molar-refractivity contribution in [2.45, 2.75) is 115 Å². The van der Waals surface area contributed by atoms with E-state index >= 15 is 0 Å². The molecule has 6 N–H and O–H groups in total. The summed E-state index contributed by atoms with van der Waals surface area (Å²) in [6.45, 7) is 8.45. The molecule has 9 heteroatoms. The Kier molecular flexibility index (Phi) is 15.0. The number of Topliss-reactive ketones (excluding diaryl/α,β-unsaturated/α-hetero) is 1. The van der Waals surface area contributed by atoms with Gasteiger partial charge in [0.15, 0.2) is 5.78 Å². The third-order valence-corrected chi connectivity index (χ3v) is 13.2. The molecule has 0 saturated heterocycles. The number of benzene rings is 2. The molecule has 0 aromatic heterocycles. The molecule has 0 unspecified atom stereocenters. The van der Waals surface area contributed by atoms with Crippen LogP contribution in [0.2, 0.25) is 0 Å². The van der Waals surface area contributed by atoms with Crippen LogP contribution in [0.25, 0.3) is 0 Å². The lowest BCUT2D eigenvalue weighted by Crippen LogP contribution is -2.59. The highest BCUT2D eigenvalue weighted by atomic mass is 16.6. The van der Waals surface area contributed by atoms with E-state index in [0.29, 0.717) is 67.4 Å². The SMILES string of the molecule is C=C1/C=C/C=C(\[C@H]2CC[C@@]3([C@H](CCCO)/C(=C(\C)C(=O)Cc4cccc5c4OC(=O)N[C@@H]5N)CC[C@@]3(C)O)[C@@H]2O)COCC#CC/C(CCCc2ccccc2)=C/CC1. The fourth-order valence-electron chi connectivity index (χ4n) is 9.99. The number of nitrogens with one attached hydrogen (secondary N) is 1. The molecular formula is C50H62N2O7. The number of rotatable bonds is 11. The number of allylic oxidation sites excluding steroid dienone is 8. The Morgan fingerprint density at radius 3 is 2.68 bits per heavy atom. The van der Waals surface area contributed by atoms with Crippen molar-refractivity contribution in [1.82, 2.24) is 5.32 Å². The minimum Gasteiger partial charge on any atom is -0.410 e. The average Bonchev–Trinajstić information content (AvgIpc) is 3.55. The maximum absolute atomic E-state index is 14.2. The number of ketones is 1. The van der Waals surface area contributed by atoms with Gasteiger partial charge in [0.2, 0.25) is 0 Å². The molecule has 2 heterocycles. The minimum absolute atomic E-state index is 0.00379. The molecule has 2 aliphatic carbocycles. The summed E-state index contributed by atoms with van der Waals surface area (Å²) < 4.78 is 11.7. The van der Waals surface area contributed by atoms with Crippen LogP contribution in [0.15, 0.2) is 107 Å². The van der Waals surface area contributed by atoms with Crippen molar-refractivity contribution in [2.24, 2.45) is 23.0 Å². The first-order valence-corrected chi connectivity index (χ1v) is 21.3. The maximum Gasteiger partial charge on any atom is 0.414 e. The Morgan fingerprint density at radius 1 is 1.07 bits per heavy atom. The van der Waals surface area contributed by atoms with E-state index < -0.39 is 29.4 Å². The van der Waals surface area contributed by atoms with E-state index in [-0.39, 0.29) is 43.9 Å². The summed E-state index contributed by atoms with van der Waals surface area (Å²) in [6.07, 6.45) is 14.5. The smallest absolute Gasteiger partial charge is 0.410 e. The van der Waals surface area contributed by atoms with Crippen LogP contribution in [0.5, 0.6) is 5.75 Å². The van der Waals surface area contributed by atoms with Gasteiger partial charge in [0.05, 0.1) is 18.3 Å². The van der Waals surface area contributed by atoms with Gasteiger partial charge < -0.3 is 35.8 Å². The molecule has 2 aromatic rings. The molecule has 2 aliphatic heterocycles. The van der Waals surface area contributed by atoms with Gasteiger partial charge in [-0.1, -0.05) is 108 Å². The zero-order valence-corrected chi connectivity index (χ0v) is 34.8. The molecule has 0 radical (unpaired) electrons. The number of ether oxygens (including phenoxy) is 2. The van der Waals surface area contributed by atoms with Crippen molar-refractivity contribution in [1.29, 1.82) is 0 Å². The average molecular weight is 803 g/mol. The molecule has 4 aliphatic rings. The number of fused-ring (bicyclic) bond motifs is 1. The predicted molar refractivity (Wildman–Crippen MR) is 231 cm³/mol. The normalized spacial score (nSPS) is 30.8. The lowest BCUT2D eigenvalue weighted by molar-refractivity contribution is -0.167. The van der Waals surface area contributed by atoms with Gasteiger partial charge in [0.25, 0.3) is 0 Å². The Balaban J connectivity index is 1.21. The number of aryl methyl sites for hydroxylation is 1. The Bertz CT molecular complexity index is 2030. The van der Waals surface area contributed by atoms with E-state index in [1.54, 1.807) is 18.2 Å². The van der Waals surface area contributed by atoms with E-state index in [9.17, 15) is 24.9 Å². The second-order valence-corrected chi connectivity index (χ2v) is 16.9. The van der Waals surface area contributed by atoms with Crippen LogP contribution in [-0.2, 0) is 22.4 Å². The first kappa shape index (κ1) is 44.0. The largest absolute Gasteiger partial charge is 0.414 e. The second-order valence-electron chi connectivity index (χ2n) is 16.9. The summed E-state index contributed by atoms with van der Waals surface area (Å²) in [5, 5.41) is 37.6. The number of carbonyl (C=O) groups is 2. The summed E-state index contributed by atoms with van der Waals surface area (Å²) >= 11 is 0. The van der Waals surface area contributed by atoms with Crippen molar-refractivity contribution in [3.63, 3.8) is 0 Å². The molecule has 2 saturated carbocycles. The van der Waals surface area contributed by atoms with Gasteiger partial charge in [0.1, 0.15) is 18.5 Å². The highest BCUT2D eigenvalue weighted by Crippen LogP contribution is 2.63. The lowest BCUT2D eigenvalue weighted by Gasteiger charge is -2.55. The molecule has 6 atom stereocenters. The van der Waals surface area contributed by atoms with E-state index in [2.05, 4.69) is 54.1 Å². The molecule has 0 bridgehead atoms. The number of amides is 1. The van der Waals surface area contributed by atoms with Crippen LogP contribution in [-0.4, -0.2) is 58.7 Å². The number of carbonyl (C=O) groups excluding carboxylic acids is 2. The van der Waals surface area contributed by atoms with E-state index in [1.807, 2.05) is 38.1 Å². The maximum atomic E-state index is 14.2. The highest BCUT2D eigenvalue weighted by Gasteiger charge is 2.64. The van der Waals surface area contributed by atoms with Crippen LogP contribution < -0.4 is 15.8 Å². The van der Waals surface area contributed by atoms with Crippen molar-refractivity contribution < 1.29 is 34.4 Å². The van der Waals surface area contributed by atoms with E-state index in [1.165, 1.54) is 11.1 Å². The number of aliphatic hydroxyl groups is 3. The first-order chi connectivity index (χ1) is 28.4. The monoisotopic (exact) mass is 802 g/mol. The molecular weight excluding hydrogens is 741 g/mol. The molecule has 1 spiro atoms. The van der Waals surface area contributed by atoms with E-state index in [0.717, 1.165) is 48.8 Å². The van der Waals surface area contributed by atoms with Gasteiger partial charge in [-0.05, 0) is 107 Å². The zero-order chi connectivity index (χ0) is 42.0. The number of aliphatic hydroxyl groups excluding tert-OH is 2. The van der Waals surface area contributed by atoms with Crippen LogP contribution >= 0.6 is 0 Å². The number of nitrogens with two attached hydrogens (primary N) is 1. The van der Waals surface area contributed by atoms with Crippen molar-refractivity contribution >= 4 is 11.9 Å². The topological polar surface area (TPSA) is 151 Å². The zero-order valence-electron chi connectivity index (χ0n) is 34.8. The molecule has 59 heavy (non-hydrogen) atoms. The Labute approximate surface area is 350 Å². The van der Waals surface area contributed by atoms with Gasteiger partial charge in [-0.2, -0.15) is 0 Å². The van der Waals surface area contributed by atoms with Crippen LogP contribution in [0.4, 0.5) is 4.79 Å². The fourth-order valence-corrected chi connectivity index (χ4v) is 9.99. The van der Waals surface area contributed by atoms with Crippen LogP contribution in [0, 0.1) is 29.1 Å². The molecule has 314 valence electrons. The van der Waals surface area contributed by atoms with E-state index in [4.69, 9.17) is 15.2 Å². The Morgan fingerprint density at radius 2 is 1.88 bits per heavy atom. The third-order valence-electron chi connectivity index (χ3n) is 13.2. The first-order valence-electron chi connectivity index (χ1n) is 21.3. The molecule has 2 aromatic carbocycles. The second kappa shape index (κ2) is 20.1. The van der Waals surface area contributed by atoms with Crippen molar-refractivity contribution in [3.05, 3.63) is 124 Å². The fraction of sp³-hybridized carbons (Fsp3) is 0.480. The van der Waals surface area contributed by atoms with Gasteiger partial charge >= 0.3 is 6.09 Å². The summed E-state index contributed by atoms with van der Waals surface area (Å²) in [6, 6.07) is 15.9. The summed E-state index contributed by atoms with van der Waals surface area (Å²) in [7, 11) is 0. The predicted octanol–water partition coefficient (Wildman–Crippen LogP) is 8.06. The summed E-state index contributed by atoms with van der Waals surface area (Å²) in [5.74, 6) is 6.05. The lowest BCUT2D eigenvalue weighted by atomic mass is 9.52. The number of para-hydroxylation sites is 1. The highest BCUT2D eigenvalue weighted by molar-refractivity contribution is 5.97. The number of hydrogen-bond donors (Lipinski definition) is 5. The van der Waals surface area contributed by atoms with Crippen LogP contribution in [0.3, 0.4) is 0 Å². The van der Waals surface area contributed by atoms with Gasteiger partial charge in [-0.15, -0.1) is 0 Å². The minimum atomic E-state index is -1.24. The summed E-state index contributed by atoms with van der Waals surface area (Å²) in [4.78, 5) is 26.4. The third kappa shape index (κ3) is 10.3. The summed E-state index contributed by atoms with van der Waals surface area (Å²) in [5.41, 5.74) is 11.2. The van der Waals surface area contributed by atoms with Crippen molar-refractivity contribution in [2.75, 3.05) is 19.8 Å². The van der Waals surface area contributed by atoms with Gasteiger partial charge in [-0.25, -0.2) is 4.79 Å². The quantitative estimate of drug-likeness (QED) is 0.0870.